The Morgan fingerprint density at radius 2 is 2.22 bits per heavy atom. The smallest absolute Gasteiger partial charge is 0.321 e. The Labute approximate surface area is 141 Å². The zero-order chi connectivity index (χ0) is 16.4. The van der Waals surface area contributed by atoms with Crippen molar-refractivity contribution in [1.29, 1.82) is 0 Å². The van der Waals surface area contributed by atoms with E-state index >= 15 is 0 Å². The van der Waals surface area contributed by atoms with E-state index in [2.05, 4.69) is 25.1 Å². The summed E-state index contributed by atoms with van der Waals surface area (Å²) in [5, 5.41) is 12.2. The molecule has 0 aliphatic rings. The van der Waals surface area contributed by atoms with Crippen LogP contribution in [-0.4, -0.2) is 25.2 Å². The summed E-state index contributed by atoms with van der Waals surface area (Å²) in [7, 11) is 1.85. The summed E-state index contributed by atoms with van der Waals surface area (Å²) in [5.74, 6) is 0.653. The molecule has 0 aliphatic carbocycles. The normalized spacial score (nSPS) is 10.7. The van der Waals surface area contributed by atoms with Crippen molar-refractivity contribution in [2.75, 3.05) is 5.32 Å². The van der Waals surface area contributed by atoms with Crippen LogP contribution in [0.2, 0.25) is 0 Å². The number of aryl methyl sites for hydroxylation is 3. The molecule has 23 heavy (non-hydrogen) atoms. The van der Waals surface area contributed by atoms with Crippen molar-refractivity contribution in [2.24, 2.45) is 7.05 Å². The molecule has 0 saturated heterocycles. The summed E-state index contributed by atoms with van der Waals surface area (Å²) in [5.41, 5.74) is 2.99. The van der Waals surface area contributed by atoms with Gasteiger partial charge in [0.2, 0.25) is 5.13 Å². The Kier molecular flexibility index (Phi) is 4.39. The van der Waals surface area contributed by atoms with Crippen LogP contribution in [-0.2, 0) is 13.6 Å². The average Bonchev–Trinajstić information content (AvgIpc) is 3.18. The van der Waals surface area contributed by atoms with Crippen LogP contribution in [0.25, 0.3) is 10.7 Å². The lowest BCUT2D eigenvalue weighted by Gasteiger charge is -2.05. The predicted molar refractivity (Wildman–Crippen MR) is 91.8 cm³/mol. The largest absolute Gasteiger partial charge is 0.332 e. The second-order valence-electron chi connectivity index (χ2n) is 5.06. The first-order valence-electron chi connectivity index (χ1n) is 6.95. The van der Waals surface area contributed by atoms with Gasteiger partial charge in [0.15, 0.2) is 5.82 Å². The quantitative estimate of drug-likeness (QED) is 0.759. The van der Waals surface area contributed by atoms with Crippen LogP contribution in [0, 0.1) is 13.8 Å². The highest BCUT2D eigenvalue weighted by molar-refractivity contribution is 7.14. The molecule has 9 heteroatoms. The molecule has 2 N–H and O–H groups in total. The number of amides is 2. The Morgan fingerprint density at radius 1 is 1.39 bits per heavy atom. The maximum atomic E-state index is 12.0. The number of hydrogen-bond donors (Lipinski definition) is 2. The molecule has 2 amide bonds. The van der Waals surface area contributed by atoms with Gasteiger partial charge in [-0.2, -0.15) is 14.5 Å². The van der Waals surface area contributed by atoms with Crippen molar-refractivity contribution in [3.8, 4) is 10.7 Å². The van der Waals surface area contributed by atoms with E-state index in [9.17, 15) is 4.79 Å². The van der Waals surface area contributed by atoms with E-state index in [0.717, 1.165) is 21.8 Å². The molecule has 0 radical (unpaired) electrons. The molecule has 0 aromatic carbocycles. The number of carbonyl (C=O) groups excluding carboxylic acids is 1. The van der Waals surface area contributed by atoms with Gasteiger partial charge in [0.1, 0.15) is 0 Å². The number of anilines is 1. The number of nitrogens with one attached hydrogen (secondary N) is 2. The minimum atomic E-state index is -0.311. The average molecular weight is 348 g/mol. The molecular formula is C14H16N6OS2. The highest BCUT2D eigenvalue weighted by atomic mass is 32.1. The van der Waals surface area contributed by atoms with Crippen molar-refractivity contribution in [2.45, 2.75) is 20.4 Å². The molecule has 3 rings (SSSR count). The number of hydrogen-bond acceptors (Lipinski definition) is 6. The number of nitrogens with zero attached hydrogens (tertiary/aromatic N) is 4. The van der Waals surface area contributed by atoms with E-state index in [-0.39, 0.29) is 6.03 Å². The van der Waals surface area contributed by atoms with E-state index in [1.807, 2.05) is 38.4 Å². The molecular weight excluding hydrogens is 332 g/mol. The van der Waals surface area contributed by atoms with Gasteiger partial charge in [-0.1, -0.05) is 0 Å². The fraction of sp³-hybridized carbons (Fsp3) is 0.286. The van der Waals surface area contributed by atoms with Crippen LogP contribution in [0.5, 0.6) is 0 Å². The Balaban J connectivity index is 1.59. The highest BCUT2D eigenvalue weighted by Gasteiger charge is 2.12. The van der Waals surface area contributed by atoms with Gasteiger partial charge in [0, 0.05) is 18.6 Å². The molecule has 3 aromatic heterocycles. The topological polar surface area (TPSA) is 84.7 Å². The van der Waals surface area contributed by atoms with Crippen molar-refractivity contribution < 1.29 is 4.79 Å². The summed E-state index contributed by atoms with van der Waals surface area (Å²) in [4.78, 5) is 17.3. The number of aromatic nitrogens is 4. The Hall–Kier alpha value is -2.26. The lowest BCUT2D eigenvalue weighted by molar-refractivity contribution is 0.251. The molecule has 0 bridgehead atoms. The van der Waals surface area contributed by atoms with Gasteiger partial charge < -0.3 is 5.32 Å². The molecule has 3 aromatic rings. The van der Waals surface area contributed by atoms with Crippen molar-refractivity contribution in [1.82, 2.24) is 24.5 Å². The highest BCUT2D eigenvalue weighted by Crippen LogP contribution is 2.28. The zero-order valence-electron chi connectivity index (χ0n) is 13.0. The van der Waals surface area contributed by atoms with Gasteiger partial charge in [0.25, 0.3) is 0 Å². The van der Waals surface area contributed by atoms with Gasteiger partial charge in [-0.25, -0.2) is 4.79 Å². The second kappa shape index (κ2) is 6.47. The standard InChI is InChI=1S/C14H16N6OS2/c1-8-4-5-22-11(8)12-16-14(23-19-12)17-13(21)15-7-10-6-9(2)18-20(10)3/h4-6H,7H2,1-3H3,(H2,15,16,17,19,21). The van der Waals surface area contributed by atoms with Gasteiger partial charge >= 0.3 is 6.03 Å². The van der Waals surface area contributed by atoms with Gasteiger partial charge in [-0.05, 0) is 36.9 Å². The zero-order valence-corrected chi connectivity index (χ0v) is 14.6. The first kappa shape index (κ1) is 15.6. The minimum Gasteiger partial charge on any atom is -0.332 e. The number of urea groups is 1. The second-order valence-corrected chi connectivity index (χ2v) is 6.73. The van der Waals surface area contributed by atoms with Crippen LogP contribution in [0.3, 0.4) is 0 Å². The third kappa shape index (κ3) is 3.57. The Bertz CT molecular complexity index is 834. The van der Waals surface area contributed by atoms with Crippen LogP contribution in [0.1, 0.15) is 17.0 Å². The minimum absolute atomic E-state index is 0.311. The lowest BCUT2D eigenvalue weighted by Crippen LogP contribution is -2.28. The van der Waals surface area contributed by atoms with E-state index in [0.29, 0.717) is 17.5 Å². The van der Waals surface area contributed by atoms with E-state index in [4.69, 9.17) is 0 Å². The predicted octanol–water partition coefficient (Wildman–Crippen LogP) is 2.94. The third-order valence-electron chi connectivity index (χ3n) is 3.24. The molecule has 0 spiro atoms. The first-order valence-corrected chi connectivity index (χ1v) is 8.61. The molecule has 0 fully saturated rings. The van der Waals surface area contributed by atoms with Gasteiger partial charge in [-0.15, -0.1) is 11.3 Å². The summed E-state index contributed by atoms with van der Waals surface area (Å²) in [6.07, 6.45) is 0. The van der Waals surface area contributed by atoms with Crippen LogP contribution in [0.15, 0.2) is 17.5 Å². The number of rotatable bonds is 4. The SMILES string of the molecule is Cc1cc(CNC(=O)Nc2nc(-c3sccc3C)ns2)n(C)n1. The van der Waals surface area contributed by atoms with Gasteiger partial charge in [0.05, 0.1) is 22.8 Å². The van der Waals surface area contributed by atoms with Crippen LogP contribution < -0.4 is 10.6 Å². The van der Waals surface area contributed by atoms with E-state index in [1.54, 1.807) is 16.0 Å². The van der Waals surface area contributed by atoms with Gasteiger partial charge in [-0.3, -0.25) is 10.00 Å². The molecule has 0 aliphatic heterocycles. The fourth-order valence-corrected chi connectivity index (χ4v) is 3.60. The van der Waals surface area contributed by atoms with Crippen molar-refractivity contribution in [3.05, 3.63) is 34.5 Å². The molecule has 0 atom stereocenters. The summed E-state index contributed by atoms with van der Waals surface area (Å²) >= 11 is 2.76. The van der Waals surface area contributed by atoms with Crippen molar-refractivity contribution >= 4 is 34.0 Å². The number of carbonyl (C=O) groups is 1. The lowest BCUT2D eigenvalue weighted by atomic mass is 10.3. The summed E-state index contributed by atoms with van der Waals surface area (Å²) < 4.78 is 6.04. The third-order valence-corrected chi connectivity index (χ3v) is 4.88. The monoisotopic (exact) mass is 348 g/mol. The van der Waals surface area contributed by atoms with Crippen LogP contribution in [0.4, 0.5) is 9.93 Å². The van der Waals surface area contributed by atoms with Crippen molar-refractivity contribution in [3.63, 3.8) is 0 Å². The molecule has 3 heterocycles. The molecule has 0 unspecified atom stereocenters. The maximum Gasteiger partial charge on any atom is 0.321 e. The molecule has 120 valence electrons. The summed E-state index contributed by atoms with van der Waals surface area (Å²) in [6, 6.07) is 3.65. The Morgan fingerprint density at radius 3 is 2.87 bits per heavy atom. The maximum absolute atomic E-state index is 12.0. The summed E-state index contributed by atoms with van der Waals surface area (Å²) in [6.45, 7) is 4.33. The van der Waals surface area contributed by atoms with Crippen LogP contribution >= 0.6 is 22.9 Å². The van der Waals surface area contributed by atoms with E-state index in [1.165, 1.54) is 11.5 Å². The fourth-order valence-electron chi connectivity index (χ4n) is 2.11. The molecule has 0 saturated carbocycles. The number of thiophene rings is 1. The molecule has 7 nitrogen and oxygen atoms in total. The van der Waals surface area contributed by atoms with E-state index < -0.39 is 0 Å². The first-order chi connectivity index (χ1) is 11.0.